The predicted octanol–water partition coefficient (Wildman–Crippen LogP) is 2.21. The van der Waals surface area contributed by atoms with Gasteiger partial charge in [0.2, 0.25) is 0 Å². The number of hydrogen-bond acceptors (Lipinski definition) is 4. The second kappa shape index (κ2) is 4.86. The molecular weight excluding hydrogens is 239 g/mol. The first kappa shape index (κ1) is 13.0. The van der Waals surface area contributed by atoms with Gasteiger partial charge in [0.15, 0.2) is 5.71 Å². The molecule has 1 N–H and O–H groups in total. The molecule has 0 unspecified atom stereocenters. The third kappa shape index (κ3) is 2.96. The topological polar surface area (TPSA) is 58.9 Å². The van der Waals surface area contributed by atoms with Crippen molar-refractivity contribution in [2.45, 2.75) is 6.18 Å². The minimum Gasteiger partial charge on any atom is -0.465 e. The lowest BCUT2D eigenvalue weighted by Crippen LogP contribution is -2.24. The van der Waals surface area contributed by atoms with Crippen molar-refractivity contribution in [2.75, 3.05) is 7.11 Å². The Morgan fingerprint density at radius 2 is 1.71 bits per heavy atom. The summed E-state index contributed by atoms with van der Waals surface area (Å²) in [5.41, 5.74) is -1.66. The van der Waals surface area contributed by atoms with Crippen LogP contribution in [0.25, 0.3) is 0 Å². The first-order valence-electron chi connectivity index (χ1n) is 4.38. The number of carbonyl (C=O) groups excluding carboxylic acids is 1. The highest BCUT2D eigenvalue weighted by molar-refractivity contribution is 6.04. The second-order valence-electron chi connectivity index (χ2n) is 3.02. The monoisotopic (exact) mass is 247 g/mol. The molecule has 0 spiro atoms. The summed E-state index contributed by atoms with van der Waals surface area (Å²) >= 11 is 0. The van der Waals surface area contributed by atoms with E-state index < -0.39 is 17.9 Å². The van der Waals surface area contributed by atoms with Crippen LogP contribution in [0.4, 0.5) is 13.2 Å². The number of alkyl halides is 3. The first-order valence-corrected chi connectivity index (χ1v) is 4.38. The zero-order valence-corrected chi connectivity index (χ0v) is 8.65. The molecule has 0 aliphatic heterocycles. The van der Waals surface area contributed by atoms with Gasteiger partial charge in [-0.1, -0.05) is 17.3 Å². The minimum absolute atomic E-state index is 0.107. The number of rotatable bonds is 2. The average Bonchev–Trinajstić information content (AvgIpc) is 2.28. The van der Waals surface area contributed by atoms with Gasteiger partial charge in [0, 0.05) is 5.56 Å². The summed E-state index contributed by atoms with van der Waals surface area (Å²) in [6, 6.07) is 4.35. The molecule has 0 saturated heterocycles. The molecule has 0 radical (unpaired) electrons. The number of ether oxygens (including phenoxy) is 1. The average molecular weight is 247 g/mol. The van der Waals surface area contributed by atoms with Crippen molar-refractivity contribution >= 4 is 11.7 Å². The highest BCUT2D eigenvalue weighted by Crippen LogP contribution is 2.22. The molecule has 0 saturated carbocycles. The molecule has 0 bridgehead atoms. The van der Waals surface area contributed by atoms with Crippen LogP contribution in [-0.2, 0) is 4.74 Å². The van der Waals surface area contributed by atoms with Crippen molar-refractivity contribution in [3.05, 3.63) is 35.4 Å². The number of carbonyl (C=O) groups is 1. The quantitative estimate of drug-likeness (QED) is 0.377. The Morgan fingerprint density at radius 3 is 2.06 bits per heavy atom. The number of nitrogens with zero attached hydrogens (tertiary/aromatic N) is 1. The Kier molecular flexibility index (Phi) is 3.72. The fourth-order valence-corrected chi connectivity index (χ4v) is 1.16. The molecule has 0 fully saturated rings. The van der Waals surface area contributed by atoms with Gasteiger partial charge in [-0.3, -0.25) is 0 Å². The van der Waals surface area contributed by atoms with Gasteiger partial charge in [0.1, 0.15) is 0 Å². The third-order valence-corrected chi connectivity index (χ3v) is 1.95. The van der Waals surface area contributed by atoms with Gasteiger partial charge in [0.25, 0.3) is 0 Å². The van der Waals surface area contributed by atoms with Gasteiger partial charge >= 0.3 is 12.1 Å². The van der Waals surface area contributed by atoms with Gasteiger partial charge in [-0.05, 0) is 12.1 Å². The van der Waals surface area contributed by atoms with E-state index in [2.05, 4.69) is 9.89 Å². The summed E-state index contributed by atoms with van der Waals surface area (Å²) in [4.78, 5) is 11.0. The second-order valence-corrected chi connectivity index (χ2v) is 3.02. The Balaban J connectivity index is 3.06. The Bertz CT molecular complexity index is 437. The predicted molar refractivity (Wildman–Crippen MR) is 52.2 cm³/mol. The maximum absolute atomic E-state index is 12.3. The lowest BCUT2D eigenvalue weighted by atomic mass is 10.1. The summed E-state index contributed by atoms with van der Waals surface area (Å²) in [5, 5.41) is 10.5. The third-order valence-electron chi connectivity index (χ3n) is 1.95. The van der Waals surface area contributed by atoms with Crippen molar-refractivity contribution < 1.29 is 27.9 Å². The van der Waals surface area contributed by atoms with E-state index in [1.54, 1.807) is 0 Å². The lowest BCUT2D eigenvalue weighted by Gasteiger charge is -2.08. The zero-order valence-electron chi connectivity index (χ0n) is 8.65. The van der Waals surface area contributed by atoms with Gasteiger partial charge in [-0.2, -0.15) is 13.2 Å². The maximum atomic E-state index is 12.3. The van der Waals surface area contributed by atoms with Gasteiger partial charge < -0.3 is 9.94 Å². The number of oxime groups is 1. The van der Waals surface area contributed by atoms with E-state index in [1.807, 2.05) is 0 Å². The van der Waals surface area contributed by atoms with Crippen LogP contribution in [-0.4, -0.2) is 30.2 Å². The normalized spacial score (nSPS) is 12.4. The van der Waals surface area contributed by atoms with Crippen LogP contribution in [0.2, 0.25) is 0 Å². The van der Waals surface area contributed by atoms with E-state index >= 15 is 0 Å². The largest absolute Gasteiger partial charge is 0.465 e. The Labute approximate surface area is 94.3 Å². The molecule has 1 aromatic carbocycles. The Morgan fingerprint density at radius 1 is 1.24 bits per heavy atom. The van der Waals surface area contributed by atoms with E-state index in [9.17, 15) is 18.0 Å². The van der Waals surface area contributed by atoms with Crippen molar-refractivity contribution in [1.82, 2.24) is 0 Å². The molecule has 0 heterocycles. The molecule has 92 valence electrons. The molecule has 0 aliphatic rings. The minimum atomic E-state index is -4.76. The first-order chi connectivity index (χ1) is 7.90. The van der Waals surface area contributed by atoms with Crippen molar-refractivity contribution in [3.8, 4) is 0 Å². The summed E-state index contributed by atoms with van der Waals surface area (Å²) in [7, 11) is 1.16. The van der Waals surface area contributed by atoms with Crippen LogP contribution in [0, 0.1) is 0 Å². The van der Waals surface area contributed by atoms with Crippen LogP contribution < -0.4 is 0 Å². The van der Waals surface area contributed by atoms with Crippen LogP contribution in [0.5, 0.6) is 0 Å². The fraction of sp³-hybridized carbons (Fsp3) is 0.200. The standard InChI is InChI=1S/C10H8F3NO3/c1-17-9(15)7-4-2-6(3-5-7)8(14-16)10(11,12)13/h2-5,16H,1H3/b14-8-. The van der Waals surface area contributed by atoms with E-state index in [-0.39, 0.29) is 11.1 Å². The van der Waals surface area contributed by atoms with Crippen molar-refractivity contribution in [3.63, 3.8) is 0 Å². The molecule has 0 atom stereocenters. The summed E-state index contributed by atoms with van der Waals surface area (Å²) < 4.78 is 41.4. The zero-order chi connectivity index (χ0) is 13.1. The molecule has 4 nitrogen and oxygen atoms in total. The highest BCUT2D eigenvalue weighted by Gasteiger charge is 2.37. The molecule has 1 aromatic rings. The lowest BCUT2D eigenvalue weighted by molar-refractivity contribution is -0.0601. The van der Waals surface area contributed by atoms with Crippen LogP contribution in [0.15, 0.2) is 29.4 Å². The summed E-state index contributed by atoms with van der Waals surface area (Å²) in [5.74, 6) is -0.661. The summed E-state index contributed by atoms with van der Waals surface area (Å²) in [6.07, 6.45) is -4.76. The van der Waals surface area contributed by atoms with Crippen molar-refractivity contribution in [1.29, 1.82) is 0 Å². The molecule has 0 amide bonds. The smallest absolute Gasteiger partial charge is 0.437 e. The van der Waals surface area contributed by atoms with Crippen LogP contribution >= 0.6 is 0 Å². The van der Waals surface area contributed by atoms with Gasteiger partial charge in [-0.25, -0.2) is 4.79 Å². The Hall–Kier alpha value is -2.05. The number of halogens is 3. The molecule has 17 heavy (non-hydrogen) atoms. The number of hydrogen-bond donors (Lipinski definition) is 1. The van der Waals surface area contributed by atoms with Gasteiger partial charge in [-0.15, -0.1) is 0 Å². The van der Waals surface area contributed by atoms with Crippen LogP contribution in [0.3, 0.4) is 0 Å². The maximum Gasteiger partial charge on any atom is 0.437 e. The molecule has 1 rings (SSSR count). The number of esters is 1. The SMILES string of the molecule is COC(=O)c1ccc(/C(=N/O)C(F)(F)F)cc1. The molecule has 7 heteroatoms. The number of methoxy groups -OCH3 is 1. The van der Waals surface area contributed by atoms with E-state index in [4.69, 9.17) is 5.21 Å². The van der Waals surface area contributed by atoms with E-state index in [1.165, 1.54) is 0 Å². The summed E-state index contributed by atoms with van der Waals surface area (Å²) in [6.45, 7) is 0. The van der Waals surface area contributed by atoms with E-state index in [0.717, 1.165) is 31.4 Å². The van der Waals surface area contributed by atoms with Crippen molar-refractivity contribution in [2.24, 2.45) is 5.16 Å². The highest BCUT2D eigenvalue weighted by atomic mass is 19.4. The molecular formula is C10H8F3NO3. The molecule has 0 aromatic heterocycles. The fourth-order valence-electron chi connectivity index (χ4n) is 1.16. The van der Waals surface area contributed by atoms with E-state index in [0.29, 0.717) is 0 Å². The molecule has 0 aliphatic carbocycles. The number of benzene rings is 1. The van der Waals surface area contributed by atoms with Crippen LogP contribution in [0.1, 0.15) is 15.9 Å². The van der Waals surface area contributed by atoms with Gasteiger partial charge in [0.05, 0.1) is 12.7 Å².